The number of hydrogen-bond acceptors (Lipinski definition) is 6. The number of benzene rings is 1. The van der Waals surface area contributed by atoms with Crippen LogP contribution < -0.4 is 10.9 Å². The highest BCUT2D eigenvalue weighted by atomic mass is 32.2. The van der Waals surface area contributed by atoms with Gasteiger partial charge in [-0.25, -0.2) is 17.8 Å². The fourth-order valence-corrected chi connectivity index (χ4v) is 3.78. The lowest BCUT2D eigenvalue weighted by Crippen LogP contribution is -2.46. The minimum atomic E-state index is -4.81. The topological polar surface area (TPSA) is 109 Å². The van der Waals surface area contributed by atoms with E-state index in [-0.39, 0.29) is 4.90 Å². The summed E-state index contributed by atoms with van der Waals surface area (Å²) in [5.74, 6) is -3.68. The van der Waals surface area contributed by atoms with E-state index >= 15 is 0 Å². The van der Waals surface area contributed by atoms with E-state index in [0.717, 1.165) is 45.2 Å². The zero-order chi connectivity index (χ0) is 21.3. The van der Waals surface area contributed by atoms with Crippen LogP contribution in [0, 0.1) is 5.82 Å². The Labute approximate surface area is 158 Å². The van der Waals surface area contributed by atoms with Crippen molar-refractivity contribution in [3.63, 3.8) is 0 Å². The number of carbonyl (C=O) groups is 1. The van der Waals surface area contributed by atoms with Crippen molar-refractivity contribution in [2.24, 2.45) is 0 Å². The van der Waals surface area contributed by atoms with E-state index in [2.05, 4.69) is 9.97 Å². The quantitative estimate of drug-likeness (QED) is 0.403. The molecule has 0 bridgehead atoms. The van der Waals surface area contributed by atoms with E-state index in [1.54, 1.807) is 0 Å². The van der Waals surface area contributed by atoms with E-state index in [1.165, 1.54) is 0 Å². The van der Waals surface area contributed by atoms with E-state index in [0.29, 0.717) is 0 Å². The highest BCUT2D eigenvalue weighted by Crippen LogP contribution is 2.26. The van der Waals surface area contributed by atoms with Gasteiger partial charge in [0.05, 0.1) is 16.8 Å². The third-order valence-corrected chi connectivity index (χ3v) is 5.53. The van der Waals surface area contributed by atoms with E-state index in [1.807, 2.05) is 5.32 Å². The number of hydrogen-bond donors (Lipinski definition) is 2. The number of aliphatic hydroxyl groups is 1. The van der Waals surface area contributed by atoms with Gasteiger partial charge < -0.3 is 10.4 Å². The van der Waals surface area contributed by atoms with Gasteiger partial charge in [-0.15, -0.1) is 0 Å². The summed E-state index contributed by atoms with van der Waals surface area (Å²) in [6.45, 7) is 0.871. The number of rotatable bonds is 5. The molecule has 0 fully saturated rings. The monoisotopic (exact) mass is 419 g/mol. The maximum atomic E-state index is 12.9. The fourth-order valence-electron chi connectivity index (χ4n) is 2.19. The summed E-state index contributed by atoms with van der Waals surface area (Å²) in [5, 5.41) is 12.2. The summed E-state index contributed by atoms with van der Waals surface area (Å²) in [4.78, 5) is 18.6. The summed E-state index contributed by atoms with van der Waals surface area (Å²) in [6.07, 6.45) is -3.97. The maximum Gasteiger partial charge on any atom is 0.434 e. The van der Waals surface area contributed by atoms with Crippen molar-refractivity contribution in [3.05, 3.63) is 42.0 Å². The van der Waals surface area contributed by atoms with Crippen molar-refractivity contribution < 1.29 is 35.9 Å². The van der Waals surface area contributed by atoms with Crippen LogP contribution in [0.1, 0.15) is 12.6 Å². The number of sulfone groups is 1. The van der Waals surface area contributed by atoms with E-state index in [4.69, 9.17) is 0 Å². The van der Waals surface area contributed by atoms with Gasteiger partial charge >= 0.3 is 6.18 Å². The summed E-state index contributed by atoms with van der Waals surface area (Å²) >= 11 is 0. The van der Waals surface area contributed by atoms with Gasteiger partial charge in [0, 0.05) is 5.59 Å². The van der Waals surface area contributed by atoms with Crippen LogP contribution in [-0.2, 0) is 20.8 Å². The van der Waals surface area contributed by atoms with Gasteiger partial charge in [-0.1, -0.05) is 0 Å². The minimum absolute atomic E-state index is 0.337. The summed E-state index contributed by atoms with van der Waals surface area (Å²) in [7, 11) is -3.13. The molecule has 1 atom stereocenters. The maximum absolute atomic E-state index is 12.9. The average Bonchev–Trinajstić information content (AvgIpc) is 2.55. The summed E-state index contributed by atoms with van der Waals surface area (Å²) < 4.78 is 76.1. The van der Waals surface area contributed by atoms with Gasteiger partial charge in [0.1, 0.15) is 5.82 Å². The summed E-state index contributed by atoms with van der Waals surface area (Å²) in [5.41, 5.74) is -4.27. The molecule has 2 rings (SSSR count). The van der Waals surface area contributed by atoms with Gasteiger partial charge in [0.25, 0.3) is 5.91 Å². The number of halogens is 4. The van der Waals surface area contributed by atoms with Gasteiger partial charge in [-0.05, 0) is 31.2 Å². The number of nitrogens with zero attached hydrogens (tertiary/aromatic N) is 2. The normalized spacial score (nSPS) is 14.4. The molecule has 1 aromatic carbocycles. The Morgan fingerprint density at radius 2 is 1.82 bits per heavy atom. The van der Waals surface area contributed by atoms with Crippen molar-refractivity contribution in [1.29, 1.82) is 0 Å². The molecule has 13 heteroatoms. The average molecular weight is 419 g/mol. The molecular weight excluding hydrogens is 405 g/mol. The molecule has 1 heterocycles. The molecule has 0 aliphatic carbocycles. The third kappa shape index (κ3) is 5.04. The second-order valence-corrected chi connectivity index (χ2v) is 8.12. The SMILES string of the molecule is Bc1ncc(NC(=O)[C@@](C)(O)CS(=O)(=O)c2ccc(F)cc2)nc1C(F)(F)F. The molecule has 0 aliphatic rings. The first-order chi connectivity index (χ1) is 12.7. The second kappa shape index (κ2) is 7.47. The molecule has 150 valence electrons. The van der Waals surface area contributed by atoms with Crippen LogP contribution in [0.25, 0.3) is 0 Å². The molecule has 0 saturated carbocycles. The number of carbonyl (C=O) groups excluding carboxylic acids is 1. The van der Waals surface area contributed by atoms with Gasteiger partial charge in [0.15, 0.2) is 34.8 Å². The zero-order valence-electron chi connectivity index (χ0n) is 14.6. The van der Waals surface area contributed by atoms with Crippen molar-refractivity contribution in [3.8, 4) is 0 Å². The molecule has 0 unspecified atom stereocenters. The number of nitrogens with one attached hydrogen (secondary N) is 1. The van der Waals surface area contributed by atoms with E-state index in [9.17, 15) is 35.9 Å². The smallest absolute Gasteiger partial charge is 0.379 e. The number of anilines is 1. The van der Waals surface area contributed by atoms with E-state index < -0.39 is 56.2 Å². The fraction of sp³-hybridized carbons (Fsp3) is 0.267. The first-order valence-corrected chi connectivity index (χ1v) is 9.30. The molecule has 7 nitrogen and oxygen atoms in total. The molecule has 2 N–H and O–H groups in total. The van der Waals surface area contributed by atoms with Crippen LogP contribution >= 0.6 is 0 Å². The Bertz CT molecular complexity index is 995. The Morgan fingerprint density at radius 1 is 1.25 bits per heavy atom. The van der Waals surface area contributed by atoms with Crippen LogP contribution in [-0.4, -0.2) is 48.6 Å². The lowest BCUT2D eigenvalue weighted by molar-refractivity contribution is -0.140. The number of aromatic nitrogens is 2. The standard InChI is InChI=1S/C15H14BF4N3O4S/c1-14(25,7-28(26,27)9-4-2-8(17)3-5-9)13(24)23-10-6-21-12(16)11(22-10)15(18,19)20/h2-6,25H,7,16H2,1H3,(H,22,23,24)/t14-/m0/s1. The predicted octanol–water partition coefficient (Wildman–Crippen LogP) is 0.0563. The molecule has 0 spiro atoms. The van der Waals surface area contributed by atoms with Crippen molar-refractivity contribution in [2.75, 3.05) is 11.1 Å². The largest absolute Gasteiger partial charge is 0.434 e. The first-order valence-electron chi connectivity index (χ1n) is 7.65. The van der Waals surface area contributed by atoms with Crippen molar-refractivity contribution >= 4 is 35.0 Å². The third-order valence-electron chi connectivity index (χ3n) is 3.60. The minimum Gasteiger partial charge on any atom is -0.379 e. The molecule has 0 aliphatic heterocycles. The Balaban J connectivity index is 2.22. The van der Waals surface area contributed by atoms with Crippen molar-refractivity contribution in [1.82, 2.24) is 9.97 Å². The second-order valence-electron chi connectivity index (χ2n) is 6.13. The molecule has 0 saturated heterocycles. The summed E-state index contributed by atoms with van der Waals surface area (Å²) in [6, 6.07) is 3.70. The lowest BCUT2D eigenvalue weighted by atomic mass is 10.0. The zero-order valence-corrected chi connectivity index (χ0v) is 15.4. The molecular formula is C15H14BF4N3O4S. The van der Waals surface area contributed by atoms with Crippen molar-refractivity contribution in [2.45, 2.75) is 23.6 Å². The molecule has 1 aromatic heterocycles. The van der Waals surface area contributed by atoms with Crippen LogP contribution in [0.5, 0.6) is 0 Å². The van der Waals surface area contributed by atoms with Gasteiger partial charge in [0.2, 0.25) is 0 Å². The number of alkyl halides is 3. The molecule has 2 aromatic rings. The Morgan fingerprint density at radius 3 is 2.36 bits per heavy atom. The predicted molar refractivity (Wildman–Crippen MR) is 92.9 cm³/mol. The lowest BCUT2D eigenvalue weighted by Gasteiger charge is -2.22. The van der Waals surface area contributed by atoms with Crippen LogP contribution in [0.4, 0.5) is 23.4 Å². The molecule has 0 radical (unpaired) electrons. The first kappa shape index (κ1) is 21.8. The highest BCUT2D eigenvalue weighted by molar-refractivity contribution is 7.91. The van der Waals surface area contributed by atoms with Crippen LogP contribution in [0.15, 0.2) is 35.4 Å². The Hall–Kier alpha value is -2.54. The van der Waals surface area contributed by atoms with Crippen LogP contribution in [0.2, 0.25) is 0 Å². The highest BCUT2D eigenvalue weighted by Gasteiger charge is 2.38. The van der Waals surface area contributed by atoms with Crippen LogP contribution in [0.3, 0.4) is 0 Å². The van der Waals surface area contributed by atoms with Gasteiger partial charge in [-0.3, -0.25) is 9.78 Å². The number of amides is 1. The van der Waals surface area contributed by atoms with Gasteiger partial charge in [-0.2, -0.15) is 13.2 Å². The molecule has 1 amide bonds. The molecule has 28 heavy (non-hydrogen) atoms. The Kier molecular flexibility index (Phi) is 5.81.